The van der Waals surface area contributed by atoms with Crippen LogP contribution in [0.5, 0.6) is 0 Å². The quantitative estimate of drug-likeness (QED) is 0.890. The van der Waals surface area contributed by atoms with Crippen molar-refractivity contribution in [2.45, 2.75) is 32.7 Å². The Balaban J connectivity index is 1.95. The Hall–Kier alpha value is -2.11. The molecule has 0 saturated heterocycles. The van der Waals surface area contributed by atoms with Gasteiger partial charge < -0.3 is 15.2 Å². The molecule has 0 saturated carbocycles. The maximum Gasteiger partial charge on any atom is 0.222 e. The second kappa shape index (κ2) is 5.48. The minimum Gasteiger partial charge on any atom is -0.368 e. The Morgan fingerprint density at radius 2 is 2.10 bits per heavy atom. The molecule has 0 fully saturated rings. The highest BCUT2D eigenvalue weighted by molar-refractivity contribution is 5.86. The Morgan fingerprint density at radius 3 is 2.80 bits per heavy atom. The minimum absolute atomic E-state index is 0.0261. The molecule has 6 nitrogen and oxygen atoms in total. The second-order valence-corrected chi connectivity index (χ2v) is 5.86. The summed E-state index contributed by atoms with van der Waals surface area (Å²) in [5.41, 5.74) is 1.64. The van der Waals surface area contributed by atoms with Gasteiger partial charge in [0.25, 0.3) is 0 Å². The van der Waals surface area contributed by atoms with Crippen LogP contribution in [0.3, 0.4) is 0 Å². The molecular formula is C14H21N5O. The average Bonchev–Trinajstić information content (AvgIpc) is 2.70. The van der Waals surface area contributed by atoms with Crippen LogP contribution in [0.25, 0.3) is 11.0 Å². The third kappa shape index (κ3) is 3.46. The molecule has 2 aromatic heterocycles. The monoisotopic (exact) mass is 275 g/mol. The molecule has 0 bridgehead atoms. The summed E-state index contributed by atoms with van der Waals surface area (Å²) in [5.74, 6) is 0.741. The smallest absolute Gasteiger partial charge is 0.222 e. The van der Waals surface area contributed by atoms with Gasteiger partial charge in [-0.3, -0.25) is 4.79 Å². The molecule has 0 aliphatic carbocycles. The van der Waals surface area contributed by atoms with E-state index in [1.165, 1.54) is 0 Å². The number of aromatic nitrogens is 3. The maximum atomic E-state index is 11.7. The van der Waals surface area contributed by atoms with Gasteiger partial charge in [0, 0.05) is 31.7 Å². The highest BCUT2D eigenvalue weighted by atomic mass is 16.1. The lowest BCUT2D eigenvalue weighted by Gasteiger charge is -2.20. The number of fused-ring (bicyclic) bond motifs is 1. The third-order valence-corrected chi connectivity index (χ3v) is 2.80. The van der Waals surface area contributed by atoms with Crippen LogP contribution in [-0.2, 0) is 11.8 Å². The average molecular weight is 275 g/mol. The number of anilines is 1. The summed E-state index contributed by atoms with van der Waals surface area (Å²) >= 11 is 0. The first kappa shape index (κ1) is 14.3. The minimum atomic E-state index is -0.198. The zero-order valence-corrected chi connectivity index (χ0v) is 12.4. The normalized spacial score (nSPS) is 11.6. The van der Waals surface area contributed by atoms with Crippen molar-refractivity contribution in [2.75, 3.05) is 11.9 Å². The van der Waals surface area contributed by atoms with Crippen LogP contribution >= 0.6 is 0 Å². The van der Waals surface area contributed by atoms with E-state index < -0.39 is 0 Å². The van der Waals surface area contributed by atoms with Gasteiger partial charge in [0.1, 0.15) is 5.52 Å². The van der Waals surface area contributed by atoms with Crippen LogP contribution in [0.1, 0.15) is 27.2 Å². The van der Waals surface area contributed by atoms with Crippen molar-refractivity contribution >= 4 is 22.8 Å². The lowest BCUT2D eigenvalue weighted by molar-refractivity contribution is -0.122. The van der Waals surface area contributed by atoms with E-state index in [1.807, 2.05) is 38.5 Å². The molecule has 0 radical (unpaired) electrons. The van der Waals surface area contributed by atoms with Gasteiger partial charge in [0.2, 0.25) is 5.91 Å². The molecule has 108 valence electrons. The van der Waals surface area contributed by atoms with Gasteiger partial charge in [-0.15, -0.1) is 0 Å². The number of nitrogens with one attached hydrogen (secondary N) is 2. The molecule has 2 N–H and O–H groups in total. The van der Waals surface area contributed by atoms with E-state index in [0.717, 1.165) is 11.0 Å². The Labute approximate surface area is 118 Å². The third-order valence-electron chi connectivity index (χ3n) is 2.80. The Kier molecular flexibility index (Phi) is 3.92. The van der Waals surface area contributed by atoms with Crippen molar-refractivity contribution in [1.29, 1.82) is 0 Å². The van der Waals surface area contributed by atoms with Crippen LogP contribution in [0.4, 0.5) is 5.82 Å². The molecule has 6 heteroatoms. The molecule has 0 spiro atoms. The number of aryl methyl sites for hydroxylation is 1. The van der Waals surface area contributed by atoms with Gasteiger partial charge in [-0.1, -0.05) is 0 Å². The van der Waals surface area contributed by atoms with Crippen LogP contribution in [0.15, 0.2) is 18.6 Å². The molecule has 2 heterocycles. The van der Waals surface area contributed by atoms with Crippen molar-refractivity contribution in [3.63, 3.8) is 0 Å². The maximum absolute atomic E-state index is 11.7. The van der Waals surface area contributed by atoms with Gasteiger partial charge in [0.05, 0.1) is 11.8 Å². The SMILES string of the molecule is Cn1cnc2c(NCCC(=O)NC(C)(C)C)nccc21. The number of nitrogens with zero attached hydrogens (tertiary/aromatic N) is 3. The lowest BCUT2D eigenvalue weighted by Crippen LogP contribution is -2.41. The Morgan fingerprint density at radius 1 is 1.35 bits per heavy atom. The summed E-state index contributed by atoms with van der Waals surface area (Å²) in [6.45, 7) is 6.43. The van der Waals surface area contributed by atoms with E-state index in [9.17, 15) is 4.79 Å². The van der Waals surface area contributed by atoms with E-state index in [0.29, 0.717) is 18.8 Å². The van der Waals surface area contributed by atoms with Crippen molar-refractivity contribution in [2.24, 2.45) is 7.05 Å². The van der Waals surface area contributed by atoms with Gasteiger partial charge in [-0.25, -0.2) is 9.97 Å². The fourth-order valence-corrected chi connectivity index (χ4v) is 1.97. The summed E-state index contributed by atoms with van der Waals surface area (Å²) in [5, 5.41) is 6.10. The molecule has 0 atom stereocenters. The highest BCUT2D eigenvalue weighted by Crippen LogP contribution is 2.18. The molecule has 0 aliphatic rings. The molecule has 0 aromatic carbocycles. The first-order valence-corrected chi connectivity index (χ1v) is 6.68. The summed E-state index contributed by atoms with van der Waals surface area (Å²) < 4.78 is 1.94. The van der Waals surface area contributed by atoms with Crippen LogP contribution in [0.2, 0.25) is 0 Å². The fraction of sp³-hybridized carbons (Fsp3) is 0.500. The van der Waals surface area contributed by atoms with E-state index in [2.05, 4.69) is 20.6 Å². The molecule has 1 amide bonds. The van der Waals surface area contributed by atoms with Gasteiger partial charge in [-0.05, 0) is 26.8 Å². The fourth-order valence-electron chi connectivity index (χ4n) is 1.97. The number of rotatable bonds is 4. The summed E-state index contributed by atoms with van der Waals surface area (Å²) in [7, 11) is 1.94. The van der Waals surface area contributed by atoms with Gasteiger partial charge in [-0.2, -0.15) is 0 Å². The number of amides is 1. The first-order chi connectivity index (χ1) is 9.37. The van der Waals surface area contributed by atoms with E-state index in [1.54, 1.807) is 12.5 Å². The molecule has 2 rings (SSSR count). The largest absolute Gasteiger partial charge is 0.368 e. The molecule has 0 aliphatic heterocycles. The number of pyridine rings is 1. The molecule has 2 aromatic rings. The van der Waals surface area contributed by atoms with E-state index >= 15 is 0 Å². The summed E-state index contributed by atoms with van der Waals surface area (Å²) in [6.07, 6.45) is 3.90. The van der Waals surface area contributed by atoms with Crippen LogP contribution < -0.4 is 10.6 Å². The van der Waals surface area contributed by atoms with Crippen molar-refractivity contribution in [1.82, 2.24) is 19.9 Å². The first-order valence-electron chi connectivity index (χ1n) is 6.68. The highest BCUT2D eigenvalue weighted by Gasteiger charge is 2.13. The molecule has 0 unspecified atom stereocenters. The van der Waals surface area contributed by atoms with Crippen molar-refractivity contribution in [3.05, 3.63) is 18.6 Å². The summed E-state index contributed by atoms with van der Waals surface area (Å²) in [6, 6.07) is 1.92. The molecular weight excluding hydrogens is 254 g/mol. The predicted molar refractivity (Wildman–Crippen MR) is 79.5 cm³/mol. The predicted octanol–water partition coefficient (Wildman–Crippen LogP) is 1.68. The van der Waals surface area contributed by atoms with Crippen LogP contribution in [-0.4, -0.2) is 32.5 Å². The second-order valence-electron chi connectivity index (χ2n) is 5.86. The van der Waals surface area contributed by atoms with Gasteiger partial charge >= 0.3 is 0 Å². The standard InChI is InChI=1S/C14H21N5O/c1-14(2,3)18-11(20)6-8-16-13-12-10(5-7-15-13)19(4)9-17-12/h5,7,9H,6,8H2,1-4H3,(H,15,16)(H,18,20). The van der Waals surface area contributed by atoms with E-state index in [4.69, 9.17) is 0 Å². The topological polar surface area (TPSA) is 71.8 Å². The van der Waals surface area contributed by atoms with E-state index in [-0.39, 0.29) is 11.4 Å². The summed E-state index contributed by atoms with van der Waals surface area (Å²) in [4.78, 5) is 20.3. The number of carbonyl (C=O) groups is 1. The molecule has 20 heavy (non-hydrogen) atoms. The number of carbonyl (C=O) groups excluding carboxylic acids is 1. The number of hydrogen-bond acceptors (Lipinski definition) is 4. The van der Waals surface area contributed by atoms with Crippen molar-refractivity contribution < 1.29 is 4.79 Å². The van der Waals surface area contributed by atoms with Crippen molar-refractivity contribution in [3.8, 4) is 0 Å². The van der Waals surface area contributed by atoms with Crippen LogP contribution in [0, 0.1) is 0 Å². The zero-order valence-electron chi connectivity index (χ0n) is 12.4. The number of imidazole rings is 1. The van der Waals surface area contributed by atoms with Gasteiger partial charge in [0.15, 0.2) is 5.82 Å². The lowest BCUT2D eigenvalue weighted by atomic mass is 10.1. The Bertz CT molecular complexity index is 612. The zero-order chi connectivity index (χ0) is 14.8. The number of hydrogen-bond donors (Lipinski definition) is 2.